The maximum Gasteiger partial charge on any atom is 0.148 e. The number of carbonyl (C=O) groups is 2. The standard InChI is InChI=1S/C11H13NO.CH2O/c13-11-6-7-12(9-11)8-10-4-2-1-3-5-10;1-2/h1-5H,6-9H2;1H2. The lowest BCUT2D eigenvalue weighted by Gasteiger charge is -2.12. The zero-order valence-electron chi connectivity index (χ0n) is 8.69. The van der Waals surface area contributed by atoms with Crippen LogP contribution in [0.4, 0.5) is 0 Å². The largest absolute Gasteiger partial charge is 0.307 e. The molecule has 0 atom stereocenters. The number of hydrogen-bond donors (Lipinski definition) is 0. The van der Waals surface area contributed by atoms with Gasteiger partial charge in [0, 0.05) is 19.5 Å². The summed E-state index contributed by atoms with van der Waals surface area (Å²) in [5, 5.41) is 0. The third kappa shape index (κ3) is 3.64. The van der Waals surface area contributed by atoms with E-state index in [-0.39, 0.29) is 0 Å². The molecule has 0 radical (unpaired) electrons. The smallest absolute Gasteiger partial charge is 0.148 e. The first-order valence-corrected chi connectivity index (χ1v) is 4.91. The lowest BCUT2D eigenvalue weighted by molar-refractivity contribution is -0.116. The second-order valence-electron chi connectivity index (χ2n) is 3.48. The van der Waals surface area contributed by atoms with Gasteiger partial charge in [-0.15, -0.1) is 0 Å². The molecule has 0 aromatic heterocycles. The van der Waals surface area contributed by atoms with Crippen molar-refractivity contribution in [3.8, 4) is 0 Å². The highest BCUT2D eigenvalue weighted by Crippen LogP contribution is 2.09. The highest BCUT2D eigenvalue weighted by molar-refractivity contribution is 5.82. The van der Waals surface area contributed by atoms with Gasteiger partial charge in [-0.2, -0.15) is 0 Å². The van der Waals surface area contributed by atoms with Crippen molar-refractivity contribution in [2.45, 2.75) is 13.0 Å². The van der Waals surface area contributed by atoms with Crippen molar-refractivity contribution in [1.82, 2.24) is 4.90 Å². The van der Waals surface area contributed by atoms with Gasteiger partial charge in [-0.05, 0) is 5.56 Å². The molecule has 15 heavy (non-hydrogen) atoms. The van der Waals surface area contributed by atoms with Crippen molar-refractivity contribution in [3.05, 3.63) is 35.9 Å². The Morgan fingerprint density at radius 1 is 1.20 bits per heavy atom. The topological polar surface area (TPSA) is 37.4 Å². The lowest BCUT2D eigenvalue weighted by Crippen LogP contribution is -2.19. The SMILES string of the molecule is C=O.O=C1CCN(Cc2ccccc2)C1. The fourth-order valence-corrected chi connectivity index (χ4v) is 1.67. The van der Waals surface area contributed by atoms with E-state index in [1.54, 1.807) is 0 Å². The Kier molecular flexibility index (Phi) is 4.71. The Labute approximate surface area is 89.7 Å². The molecule has 2 rings (SSSR count). The minimum atomic E-state index is 0.371. The Morgan fingerprint density at radius 3 is 2.40 bits per heavy atom. The van der Waals surface area contributed by atoms with Gasteiger partial charge < -0.3 is 4.79 Å². The molecule has 1 fully saturated rings. The molecule has 0 spiro atoms. The predicted molar refractivity (Wildman–Crippen MR) is 58.5 cm³/mol. The second-order valence-corrected chi connectivity index (χ2v) is 3.48. The molecule has 0 aliphatic carbocycles. The number of benzene rings is 1. The van der Waals surface area contributed by atoms with Crippen LogP contribution in [0.3, 0.4) is 0 Å². The van der Waals surface area contributed by atoms with Crippen LogP contribution < -0.4 is 0 Å². The zero-order chi connectivity index (χ0) is 11.1. The first-order chi connectivity index (χ1) is 7.34. The first kappa shape index (κ1) is 11.6. The van der Waals surface area contributed by atoms with E-state index in [1.807, 2.05) is 25.0 Å². The predicted octanol–water partition coefficient (Wildman–Crippen LogP) is 1.28. The average Bonchev–Trinajstić information content (AvgIpc) is 2.68. The number of nitrogens with zero attached hydrogens (tertiary/aromatic N) is 1. The molecule has 1 saturated heterocycles. The Balaban J connectivity index is 0.000000531. The normalized spacial score (nSPS) is 15.9. The number of likely N-dealkylation sites (tertiary alicyclic amines) is 1. The van der Waals surface area contributed by atoms with Crippen LogP contribution in [0.5, 0.6) is 0 Å². The molecule has 1 aromatic rings. The van der Waals surface area contributed by atoms with E-state index in [2.05, 4.69) is 17.0 Å². The van der Waals surface area contributed by atoms with Gasteiger partial charge in [0.15, 0.2) is 0 Å². The van der Waals surface area contributed by atoms with E-state index in [1.165, 1.54) is 5.56 Å². The van der Waals surface area contributed by atoms with Gasteiger partial charge in [-0.25, -0.2) is 0 Å². The van der Waals surface area contributed by atoms with Crippen molar-refractivity contribution in [3.63, 3.8) is 0 Å². The molecule has 0 saturated carbocycles. The summed E-state index contributed by atoms with van der Waals surface area (Å²) in [7, 11) is 0. The first-order valence-electron chi connectivity index (χ1n) is 4.91. The molecule has 1 aliphatic heterocycles. The maximum absolute atomic E-state index is 11.0. The summed E-state index contributed by atoms with van der Waals surface area (Å²) in [5.41, 5.74) is 1.29. The van der Waals surface area contributed by atoms with Crippen molar-refractivity contribution in [1.29, 1.82) is 0 Å². The fourth-order valence-electron chi connectivity index (χ4n) is 1.67. The zero-order valence-corrected chi connectivity index (χ0v) is 8.69. The van der Waals surface area contributed by atoms with Gasteiger partial charge in [-0.1, -0.05) is 30.3 Å². The molecular formula is C12H15NO2. The summed E-state index contributed by atoms with van der Waals surface area (Å²) < 4.78 is 0. The monoisotopic (exact) mass is 205 g/mol. The van der Waals surface area contributed by atoms with Gasteiger partial charge >= 0.3 is 0 Å². The molecule has 0 bridgehead atoms. The minimum absolute atomic E-state index is 0.371. The molecule has 0 unspecified atom stereocenters. The lowest BCUT2D eigenvalue weighted by atomic mass is 10.2. The second kappa shape index (κ2) is 6.09. The Hall–Kier alpha value is -1.48. The van der Waals surface area contributed by atoms with E-state index in [9.17, 15) is 4.79 Å². The van der Waals surface area contributed by atoms with E-state index < -0.39 is 0 Å². The van der Waals surface area contributed by atoms with Crippen molar-refractivity contribution in [2.24, 2.45) is 0 Å². The highest BCUT2D eigenvalue weighted by Gasteiger charge is 2.18. The van der Waals surface area contributed by atoms with Gasteiger partial charge in [0.25, 0.3) is 0 Å². The third-order valence-corrected chi connectivity index (χ3v) is 2.36. The molecule has 3 heteroatoms. The van der Waals surface area contributed by atoms with E-state index in [4.69, 9.17) is 4.79 Å². The van der Waals surface area contributed by atoms with Crippen LogP contribution >= 0.6 is 0 Å². The molecule has 0 N–H and O–H groups in total. The summed E-state index contributed by atoms with van der Waals surface area (Å²) in [4.78, 5) is 21.2. The maximum atomic E-state index is 11.0. The quantitative estimate of drug-likeness (QED) is 0.729. The van der Waals surface area contributed by atoms with Gasteiger partial charge in [0.05, 0.1) is 6.54 Å². The van der Waals surface area contributed by atoms with Crippen LogP contribution in [-0.4, -0.2) is 30.6 Å². The average molecular weight is 205 g/mol. The molecular weight excluding hydrogens is 190 g/mol. The molecule has 1 heterocycles. The van der Waals surface area contributed by atoms with E-state index >= 15 is 0 Å². The fraction of sp³-hybridized carbons (Fsp3) is 0.333. The molecule has 3 nitrogen and oxygen atoms in total. The number of carbonyl (C=O) groups excluding carboxylic acids is 2. The third-order valence-electron chi connectivity index (χ3n) is 2.36. The van der Waals surface area contributed by atoms with E-state index in [0.717, 1.165) is 19.5 Å². The minimum Gasteiger partial charge on any atom is -0.307 e. The molecule has 0 amide bonds. The van der Waals surface area contributed by atoms with Crippen LogP contribution in [0.25, 0.3) is 0 Å². The summed E-state index contributed by atoms with van der Waals surface area (Å²) in [6, 6.07) is 10.3. The van der Waals surface area contributed by atoms with Crippen LogP contribution in [0.15, 0.2) is 30.3 Å². The number of rotatable bonds is 2. The van der Waals surface area contributed by atoms with Gasteiger partial charge in [0.2, 0.25) is 0 Å². The summed E-state index contributed by atoms with van der Waals surface area (Å²) in [6.45, 7) is 4.47. The highest BCUT2D eigenvalue weighted by atomic mass is 16.1. The van der Waals surface area contributed by atoms with E-state index in [0.29, 0.717) is 12.3 Å². The van der Waals surface area contributed by atoms with Crippen LogP contribution in [-0.2, 0) is 16.1 Å². The number of Topliss-reactive ketones (excluding diaryl/α,β-unsaturated/α-hetero) is 1. The molecule has 1 aromatic carbocycles. The van der Waals surface area contributed by atoms with Crippen LogP contribution in [0.2, 0.25) is 0 Å². The summed E-state index contributed by atoms with van der Waals surface area (Å²) in [5.74, 6) is 0.371. The molecule has 1 aliphatic rings. The molecule has 80 valence electrons. The number of ketones is 1. The van der Waals surface area contributed by atoms with Crippen molar-refractivity contribution < 1.29 is 9.59 Å². The van der Waals surface area contributed by atoms with Crippen molar-refractivity contribution >= 4 is 12.6 Å². The van der Waals surface area contributed by atoms with Crippen LogP contribution in [0, 0.1) is 0 Å². The Morgan fingerprint density at radius 2 is 1.87 bits per heavy atom. The summed E-state index contributed by atoms with van der Waals surface area (Å²) in [6.07, 6.45) is 0.729. The number of hydrogen-bond acceptors (Lipinski definition) is 3. The summed E-state index contributed by atoms with van der Waals surface area (Å²) >= 11 is 0. The van der Waals surface area contributed by atoms with Gasteiger partial charge in [0.1, 0.15) is 12.6 Å². The van der Waals surface area contributed by atoms with Crippen molar-refractivity contribution in [2.75, 3.05) is 13.1 Å². The Bertz CT molecular complexity index is 311. The van der Waals surface area contributed by atoms with Gasteiger partial charge in [-0.3, -0.25) is 9.69 Å². The van der Waals surface area contributed by atoms with Crippen LogP contribution in [0.1, 0.15) is 12.0 Å².